The molecule has 0 unspecified atom stereocenters. The van der Waals surface area contributed by atoms with Crippen LogP contribution in [-0.2, 0) is 5.41 Å². The molecule has 9 aromatic carbocycles. The van der Waals surface area contributed by atoms with Crippen molar-refractivity contribution in [3.05, 3.63) is 230 Å². The van der Waals surface area contributed by atoms with Gasteiger partial charge in [-0.05, 0) is 110 Å². The first-order valence-corrected chi connectivity index (χ1v) is 22.4. The zero-order valence-corrected chi connectivity index (χ0v) is 36.1. The average Bonchev–Trinajstić information content (AvgIpc) is 3.96. The van der Waals surface area contributed by atoms with Crippen molar-refractivity contribution in [1.82, 2.24) is 19.1 Å². The molecule has 3 heterocycles. The van der Waals surface area contributed by atoms with Crippen LogP contribution in [0.5, 0.6) is 0 Å². The van der Waals surface area contributed by atoms with Crippen LogP contribution in [0.25, 0.3) is 111 Å². The van der Waals surface area contributed by atoms with E-state index in [2.05, 4.69) is 229 Å². The molecule has 3 aromatic heterocycles. The third kappa shape index (κ3) is 5.84. The smallest absolute Gasteiger partial charge is 0.234 e. The Hall–Kier alpha value is -8.34. The van der Waals surface area contributed by atoms with Gasteiger partial charge in [-0.2, -0.15) is 0 Å². The van der Waals surface area contributed by atoms with Crippen molar-refractivity contribution >= 4 is 43.6 Å². The molecule has 0 atom stereocenters. The molecule has 0 amide bonds. The fourth-order valence-corrected chi connectivity index (χ4v) is 10.6. The molecule has 65 heavy (non-hydrogen) atoms. The van der Waals surface area contributed by atoms with Gasteiger partial charge in [-0.3, -0.25) is 4.57 Å². The average molecular weight is 831 g/mol. The summed E-state index contributed by atoms with van der Waals surface area (Å²) >= 11 is 0. The Morgan fingerprint density at radius 2 is 0.846 bits per heavy atom. The lowest BCUT2D eigenvalue weighted by Crippen LogP contribution is -2.15. The van der Waals surface area contributed by atoms with Crippen LogP contribution in [0.2, 0.25) is 0 Å². The third-order valence-electron chi connectivity index (χ3n) is 13.9. The Balaban J connectivity index is 0.859. The van der Waals surface area contributed by atoms with Gasteiger partial charge in [0.05, 0.1) is 22.1 Å². The van der Waals surface area contributed by atoms with Crippen LogP contribution in [0.15, 0.2) is 219 Å². The molecule has 0 N–H and O–H groups in total. The normalized spacial score (nSPS) is 12.9. The fourth-order valence-electron chi connectivity index (χ4n) is 10.6. The van der Waals surface area contributed by atoms with Crippen molar-refractivity contribution in [1.29, 1.82) is 0 Å². The van der Waals surface area contributed by atoms with Crippen LogP contribution >= 0.6 is 0 Å². The van der Waals surface area contributed by atoms with Gasteiger partial charge in [0.25, 0.3) is 0 Å². The maximum atomic E-state index is 4.99. The van der Waals surface area contributed by atoms with Crippen molar-refractivity contribution in [2.24, 2.45) is 0 Å². The van der Waals surface area contributed by atoms with Crippen LogP contribution in [0, 0.1) is 0 Å². The van der Waals surface area contributed by atoms with Gasteiger partial charge in [0.2, 0.25) is 5.95 Å². The Labute approximate surface area is 377 Å². The van der Waals surface area contributed by atoms with Gasteiger partial charge in [0.1, 0.15) is 0 Å². The van der Waals surface area contributed by atoms with E-state index >= 15 is 0 Å². The summed E-state index contributed by atoms with van der Waals surface area (Å²) in [7, 11) is 0. The topological polar surface area (TPSA) is 35.6 Å². The van der Waals surface area contributed by atoms with E-state index in [1.807, 2.05) is 12.4 Å². The Kier molecular flexibility index (Phi) is 8.22. The SMILES string of the molecule is CC1(C)c2ccccc2-c2ccc(-n3c4ccccc4c4ccc(-c5ccc6c(c5)c5ccccc5n6-c5ncc(-c6ccc(-c7cccc(-c8ccccc8)c7)cc6)cn5)cc43)cc21. The number of hydrogen-bond acceptors (Lipinski definition) is 2. The summed E-state index contributed by atoms with van der Waals surface area (Å²) in [5, 5.41) is 4.83. The highest BCUT2D eigenvalue weighted by atomic mass is 15.1. The largest absolute Gasteiger partial charge is 0.309 e. The number of nitrogens with zero attached hydrogens (tertiary/aromatic N) is 4. The number of aromatic nitrogens is 4. The van der Waals surface area contributed by atoms with Gasteiger partial charge in [-0.25, -0.2) is 9.97 Å². The van der Waals surface area contributed by atoms with Gasteiger partial charge >= 0.3 is 0 Å². The van der Waals surface area contributed by atoms with Crippen LogP contribution in [-0.4, -0.2) is 19.1 Å². The standard InChI is InChI=1S/C61H42N4/c1-61(2)54-20-9-6-17-48(54)49-31-29-47(36-55(49)61)64-56-21-10-7-18-50(56)52-30-27-45(35-59(52)64)44-28-32-58-53(34-44)51-19-8-11-22-57(51)65(58)60-62-37-46(38-63-60)41-25-23-40(24-26-41)43-16-12-15-42(33-43)39-13-4-3-5-14-39/h3-38H,1-2H3. The van der Waals surface area contributed by atoms with E-state index in [0.717, 1.165) is 27.7 Å². The van der Waals surface area contributed by atoms with Crippen molar-refractivity contribution in [3.8, 4) is 67.3 Å². The van der Waals surface area contributed by atoms with Crippen molar-refractivity contribution in [3.63, 3.8) is 0 Å². The van der Waals surface area contributed by atoms with Crippen LogP contribution in [0.4, 0.5) is 0 Å². The van der Waals surface area contributed by atoms with Crippen molar-refractivity contribution in [2.45, 2.75) is 19.3 Å². The molecule has 0 aliphatic heterocycles. The molecule has 1 aliphatic carbocycles. The lowest BCUT2D eigenvalue weighted by atomic mass is 9.82. The number of rotatable bonds is 6. The summed E-state index contributed by atoms with van der Waals surface area (Å²) in [6, 6.07) is 75.0. The van der Waals surface area contributed by atoms with Crippen molar-refractivity contribution < 1.29 is 0 Å². The zero-order valence-electron chi connectivity index (χ0n) is 36.1. The van der Waals surface area contributed by atoms with E-state index < -0.39 is 0 Å². The summed E-state index contributed by atoms with van der Waals surface area (Å²) in [5.41, 5.74) is 20.2. The maximum Gasteiger partial charge on any atom is 0.234 e. The molecule has 0 saturated carbocycles. The van der Waals surface area contributed by atoms with Crippen LogP contribution in [0.1, 0.15) is 25.0 Å². The predicted molar refractivity (Wildman–Crippen MR) is 270 cm³/mol. The molecule has 0 spiro atoms. The first-order valence-electron chi connectivity index (χ1n) is 22.4. The summed E-state index contributed by atoms with van der Waals surface area (Å²) in [4.78, 5) is 9.98. The van der Waals surface area contributed by atoms with E-state index in [4.69, 9.17) is 9.97 Å². The van der Waals surface area contributed by atoms with E-state index in [0.29, 0.717) is 5.95 Å². The minimum Gasteiger partial charge on any atom is -0.309 e. The molecule has 306 valence electrons. The van der Waals surface area contributed by atoms with Gasteiger partial charge in [-0.15, -0.1) is 0 Å². The summed E-state index contributed by atoms with van der Waals surface area (Å²) in [6.45, 7) is 4.71. The maximum absolute atomic E-state index is 4.99. The Bertz CT molecular complexity index is 3830. The Morgan fingerprint density at radius 1 is 0.323 bits per heavy atom. The van der Waals surface area contributed by atoms with Gasteiger partial charge < -0.3 is 4.57 Å². The molecule has 13 rings (SSSR count). The molecular weight excluding hydrogens is 789 g/mol. The second-order valence-electron chi connectivity index (χ2n) is 17.9. The first kappa shape index (κ1) is 37.2. The second-order valence-corrected chi connectivity index (χ2v) is 17.9. The summed E-state index contributed by atoms with van der Waals surface area (Å²) in [5.74, 6) is 0.647. The zero-order chi connectivity index (χ0) is 43.2. The minimum atomic E-state index is -0.0861. The summed E-state index contributed by atoms with van der Waals surface area (Å²) < 4.78 is 4.65. The Morgan fingerprint density at radius 3 is 1.62 bits per heavy atom. The highest BCUT2D eigenvalue weighted by Gasteiger charge is 2.35. The van der Waals surface area contributed by atoms with Gasteiger partial charge in [0.15, 0.2) is 0 Å². The molecule has 1 aliphatic rings. The predicted octanol–water partition coefficient (Wildman–Crippen LogP) is 15.6. The first-order chi connectivity index (χ1) is 32.0. The number of para-hydroxylation sites is 2. The molecule has 4 nitrogen and oxygen atoms in total. The summed E-state index contributed by atoms with van der Waals surface area (Å²) in [6.07, 6.45) is 3.88. The van der Waals surface area contributed by atoms with Crippen LogP contribution in [0.3, 0.4) is 0 Å². The molecule has 4 heteroatoms. The second kappa shape index (κ2) is 14.3. The molecule has 12 aromatic rings. The van der Waals surface area contributed by atoms with E-state index in [1.165, 1.54) is 88.3 Å². The van der Waals surface area contributed by atoms with E-state index in [-0.39, 0.29) is 5.41 Å². The molecule has 0 saturated heterocycles. The highest BCUT2D eigenvalue weighted by Crippen LogP contribution is 2.49. The molecular formula is C61H42N4. The highest BCUT2D eigenvalue weighted by molar-refractivity contribution is 6.12. The third-order valence-corrected chi connectivity index (χ3v) is 13.9. The quantitative estimate of drug-likeness (QED) is 0.167. The van der Waals surface area contributed by atoms with Gasteiger partial charge in [-0.1, -0.05) is 172 Å². The lowest BCUT2D eigenvalue weighted by molar-refractivity contribution is 0.660. The minimum absolute atomic E-state index is 0.0861. The monoisotopic (exact) mass is 830 g/mol. The van der Waals surface area contributed by atoms with Crippen molar-refractivity contribution in [2.75, 3.05) is 0 Å². The van der Waals surface area contributed by atoms with Gasteiger partial charge in [0, 0.05) is 50.6 Å². The lowest BCUT2D eigenvalue weighted by Gasteiger charge is -2.22. The molecule has 0 radical (unpaired) electrons. The number of fused-ring (bicyclic) bond motifs is 9. The molecule has 0 fully saturated rings. The number of benzene rings is 9. The van der Waals surface area contributed by atoms with E-state index in [1.54, 1.807) is 0 Å². The number of hydrogen-bond donors (Lipinski definition) is 0. The van der Waals surface area contributed by atoms with Crippen LogP contribution < -0.4 is 0 Å². The molecule has 0 bridgehead atoms. The fraction of sp³-hybridized carbons (Fsp3) is 0.0492. The van der Waals surface area contributed by atoms with E-state index in [9.17, 15) is 0 Å².